The first-order valence-electron chi connectivity index (χ1n) is 6.82. The monoisotopic (exact) mass is 311 g/mol. The Labute approximate surface area is 130 Å². The number of aromatic hydroxyl groups is 2. The molecular formula is C17H13NO5. The van der Waals surface area contributed by atoms with E-state index in [2.05, 4.69) is 5.32 Å². The minimum atomic E-state index is -0.596. The summed E-state index contributed by atoms with van der Waals surface area (Å²) in [7, 11) is 0. The standard InChI is InChI=1S/C17H13NO5/c1-9(19)18-11-4-7-14-13(8-11)15(21)16(22)17(23-14)10-2-5-12(20)6-3-10/h2-8,20,22H,1H3,(H,18,19). The van der Waals surface area contributed by atoms with Gasteiger partial charge in [-0.3, -0.25) is 9.59 Å². The quantitative estimate of drug-likeness (QED) is 0.675. The maximum absolute atomic E-state index is 12.4. The molecule has 6 heteroatoms. The number of amides is 1. The van der Waals surface area contributed by atoms with Gasteiger partial charge in [-0.15, -0.1) is 0 Å². The van der Waals surface area contributed by atoms with Crippen LogP contribution in [0, 0.1) is 0 Å². The van der Waals surface area contributed by atoms with Crippen LogP contribution in [0.25, 0.3) is 22.3 Å². The number of phenolic OH excluding ortho intramolecular Hbond substituents is 1. The molecule has 2 aromatic carbocycles. The average molecular weight is 311 g/mol. The number of fused-ring (bicyclic) bond motifs is 1. The van der Waals surface area contributed by atoms with Crippen LogP contribution >= 0.6 is 0 Å². The van der Waals surface area contributed by atoms with Crippen LogP contribution in [-0.4, -0.2) is 16.1 Å². The Morgan fingerprint density at radius 3 is 2.43 bits per heavy atom. The highest BCUT2D eigenvalue weighted by molar-refractivity contribution is 5.92. The van der Waals surface area contributed by atoms with Crippen molar-refractivity contribution in [2.24, 2.45) is 0 Å². The Balaban J connectivity index is 2.19. The van der Waals surface area contributed by atoms with Gasteiger partial charge in [-0.2, -0.15) is 0 Å². The van der Waals surface area contributed by atoms with Crippen molar-refractivity contribution in [2.45, 2.75) is 6.92 Å². The van der Waals surface area contributed by atoms with Gasteiger partial charge in [0.2, 0.25) is 17.1 Å². The van der Waals surface area contributed by atoms with Gasteiger partial charge in [0, 0.05) is 18.2 Å². The first-order valence-corrected chi connectivity index (χ1v) is 6.82. The van der Waals surface area contributed by atoms with Gasteiger partial charge in [-0.1, -0.05) is 0 Å². The van der Waals surface area contributed by atoms with Gasteiger partial charge in [0.05, 0.1) is 5.39 Å². The van der Waals surface area contributed by atoms with E-state index in [4.69, 9.17) is 4.42 Å². The van der Waals surface area contributed by atoms with Crippen molar-refractivity contribution < 1.29 is 19.4 Å². The fraction of sp³-hybridized carbons (Fsp3) is 0.0588. The van der Waals surface area contributed by atoms with Crippen molar-refractivity contribution in [3.8, 4) is 22.8 Å². The van der Waals surface area contributed by atoms with Crippen molar-refractivity contribution in [3.05, 3.63) is 52.7 Å². The number of rotatable bonds is 2. The summed E-state index contributed by atoms with van der Waals surface area (Å²) in [6.07, 6.45) is 0. The predicted molar refractivity (Wildman–Crippen MR) is 85.6 cm³/mol. The third kappa shape index (κ3) is 2.74. The Kier molecular flexibility index (Phi) is 3.50. The molecule has 3 N–H and O–H groups in total. The van der Waals surface area contributed by atoms with E-state index in [-0.39, 0.29) is 28.4 Å². The number of carbonyl (C=O) groups excluding carboxylic acids is 1. The number of benzene rings is 2. The van der Waals surface area contributed by atoms with Crippen molar-refractivity contribution in [3.63, 3.8) is 0 Å². The summed E-state index contributed by atoms with van der Waals surface area (Å²) in [6.45, 7) is 1.36. The molecule has 1 amide bonds. The number of hydrogen-bond donors (Lipinski definition) is 3. The molecule has 0 saturated heterocycles. The molecule has 1 heterocycles. The smallest absolute Gasteiger partial charge is 0.235 e. The van der Waals surface area contributed by atoms with Crippen LogP contribution < -0.4 is 10.7 Å². The van der Waals surface area contributed by atoms with Gasteiger partial charge in [-0.25, -0.2) is 0 Å². The fourth-order valence-corrected chi connectivity index (χ4v) is 2.27. The zero-order valence-corrected chi connectivity index (χ0v) is 12.2. The zero-order chi connectivity index (χ0) is 16.6. The number of anilines is 1. The molecule has 0 radical (unpaired) electrons. The summed E-state index contributed by atoms with van der Waals surface area (Å²) >= 11 is 0. The van der Waals surface area contributed by atoms with Crippen molar-refractivity contribution in [1.29, 1.82) is 0 Å². The SMILES string of the molecule is CC(=O)Nc1ccc2oc(-c3ccc(O)cc3)c(O)c(=O)c2c1. The highest BCUT2D eigenvalue weighted by Crippen LogP contribution is 2.31. The van der Waals surface area contributed by atoms with E-state index in [0.29, 0.717) is 11.3 Å². The second-order valence-electron chi connectivity index (χ2n) is 5.05. The molecule has 1 aromatic heterocycles. The molecule has 0 aliphatic carbocycles. The average Bonchev–Trinajstić information content (AvgIpc) is 2.52. The van der Waals surface area contributed by atoms with E-state index in [1.807, 2.05) is 0 Å². The molecular weight excluding hydrogens is 298 g/mol. The molecule has 3 aromatic rings. The van der Waals surface area contributed by atoms with E-state index in [9.17, 15) is 19.8 Å². The molecule has 0 aliphatic rings. The Hall–Kier alpha value is -3.28. The predicted octanol–water partition coefficient (Wildman–Crippen LogP) is 2.83. The van der Waals surface area contributed by atoms with E-state index in [0.717, 1.165) is 0 Å². The van der Waals surface area contributed by atoms with Gasteiger partial charge in [0.25, 0.3) is 0 Å². The molecule has 0 fully saturated rings. The van der Waals surface area contributed by atoms with E-state index >= 15 is 0 Å². The van der Waals surface area contributed by atoms with Crippen LogP contribution in [0.1, 0.15) is 6.92 Å². The lowest BCUT2D eigenvalue weighted by molar-refractivity contribution is -0.114. The lowest BCUT2D eigenvalue weighted by Gasteiger charge is -2.08. The maximum atomic E-state index is 12.4. The Morgan fingerprint density at radius 1 is 1.09 bits per heavy atom. The molecule has 23 heavy (non-hydrogen) atoms. The molecule has 0 spiro atoms. The van der Waals surface area contributed by atoms with Crippen LogP contribution in [-0.2, 0) is 4.79 Å². The summed E-state index contributed by atoms with van der Waals surface area (Å²) < 4.78 is 5.61. The highest BCUT2D eigenvalue weighted by atomic mass is 16.4. The molecule has 0 atom stereocenters. The molecule has 116 valence electrons. The fourth-order valence-electron chi connectivity index (χ4n) is 2.27. The maximum Gasteiger partial charge on any atom is 0.235 e. The van der Waals surface area contributed by atoms with Crippen LogP contribution in [0.5, 0.6) is 11.5 Å². The topological polar surface area (TPSA) is 99.8 Å². The van der Waals surface area contributed by atoms with Crippen LogP contribution in [0.4, 0.5) is 5.69 Å². The van der Waals surface area contributed by atoms with Gasteiger partial charge in [0.15, 0.2) is 5.76 Å². The van der Waals surface area contributed by atoms with Crippen LogP contribution in [0.2, 0.25) is 0 Å². The highest BCUT2D eigenvalue weighted by Gasteiger charge is 2.15. The zero-order valence-electron chi connectivity index (χ0n) is 12.2. The molecule has 0 saturated carbocycles. The number of phenols is 1. The van der Waals surface area contributed by atoms with Crippen LogP contribution in [0.3, 0.4) is 0 Å². The number of hydrogen-bond acceptors (Lipinski definition) is 5. The van der Waals surface area contributed by atoms with Crippen molar-refractivity contribution in [2.75, 3.05) is 5.32 Å². The number of nitrogens with one attached hydrogen (secondary N) is 1. The van der Waals surface area contributed by atoms with E-state index in [1.54, 1.807) is 12.1 Å². The minimum absolute atomic E-state index is 0.0229. The van der Waals surface area contributed by atoms with Gasteiger partial charge in [0.1, 0.15) is 11.3 Å². The van der Waals surface area contributed by atoms with Crippen molar-refractivity contribution >= 4 is 22.6 Å². The lowest BCUT2D eigenvalue weighted by atomic mass is 10.1. The Morgan fingerprint density at radius 2 is 1.78 bits per heavy atom. The summed E-state index contributed by atoms with van der Waals surface area (Å²) in [4.78, 5) is 23.4. The van der Waals surface area contributed by atoms with E-state index < -0.39 is 11.2 Å². The van der Waals surface area contributed by atoms with Gasteiger partial charge in [-0.05, 0) is 42.5 Å². The first-order chi connectivity index (χ1) is 11.0. The largest absolute Gasteiger partial charge is 0.508 e. The summed E-state index contributed by atoms with van der Waals surface area (Å²) in [6, 6.07) is 10.5. The normalized spacial score (nSPS) is 10.7. The Bertz CT molecular complexity index is 957. The summed E-state index contributed by atoms with van der Waals surface area (Å²) in [5, 5.41) is 22.2. The third-order valence-electron chi connectivity index (χ3n) is 3.32. The molecule has 0 aliphatic heterocycles. The summed E-state index contributed by atoms with van der Waals surface area (Å²) in [5.74, 6) is -0.701. The first kappa shape index (κ1) is 14.6. The van der Waals surface area contributed by atoms with Crippen molar-refractivity contribution in [1.82, 2.24) is 0 Å². The summed E-state index contributed by atoms with van der Waals surface area (Å²) in [5.41, 5.74) is 0.589. The molecule has 0 bridgehead atoms. The minimum Gasteiger partial charge on any atom is -0.508 e. The van der Waals surface area contributed by atoms with Crippen LogP contribution in [0.15, 0.2) is 51.7 Å². The molecule has 0 unspecified atom stereocenters. The third-order valence-corrected chi connectivity index (χ3v) is 3.32. The lowest BCUT2D eigenvalue weighted by Crippen LogP contribution is -2.07. The molecule has 3 rings (SSSR count). The molecule has 6 nitrogen and oxygen atoms in total. The second kappa shape index (κ2) is 5.49. The second-order valence-corrected chi connectivity index (χ2v) is 5.05. The van der Waals surface area contributed by atoms with E-state index in [1.165, 1.54) is 37.3 Å². The number of carbonyl (C=O) groups is 1. The van der Waals surface area contributed by atoms with Gasteiger partial charge < -0.3 is 19.9 Å². The van der Waals surface area contributed by atoms with Gasteiger partial charge >= 0.3 is 0 Å².